The summed E-state index contributed by atoms with van der Waals surface area (Å²) < 4.78 is 18.7. The van der Waals surface area contributed by atoms with Crippen LogP contribution < -0.4 is 0 Å². The smallest absolute Gasteiger partial charge is 0.295 e. The number of nitrogens with zero attached hydrogens (tertiary/aromatic N) is 2. The Bertz CT molecular complexity index is 995. The van der Waals surface area contributed by atoms with Gasteiger partial charge in [-0.1, -0.05) is 0 Å². The molecular formula is C23H25FN2O4S. The van der Waals surface area contributed by atoms with E-state index < -0.39 is 23.5 Å². The second kappa shape index (κ2) is 9.30. The Kier molecular flexibility index (Phi) is 6.50. The molecule has 0 saturated carbocycles. The Morgan fingerprint density at radius 1 is 1.16 bits per heavy atom. The molecule has 0 bridgehead atoms. The summed E-state index contributed by atoms with van der Waals surface area (Å²) in [7, 11) is 0. The number of aryl methyl sites for hydroxylation is 1. The molecule has 1 atom stereocenters. The largest absolute Gasteiger partial charge is 0.507 e. The Morgan fingerprint density at radius 3 is 2.52 bits per heavy atom. The summed E-state index contributed by atoms with van der Waals surface area (Å²) in [4.78, 5) is 30.6. The molecule has 2 aromatic rings. The third kappa shape index (κ3) is 4.42. The van der Waals surface area contributed by atoms with Gasteiger partial charge >= 0.3 is 0 Å². The average Bonchev–Trinajstić information content (AvgIpc) is 3.30. The Hall–Kier alpha value is -2.55. The number of thiophene rings is 1. The van der Waals surface area contributed by atoms with Crippen molar-refractivity contribution >= 4 is 28.8 Å². The summed E-state index contributed by atoms with van der Waals surface area (Å²) in [6.07, 6.45) is 0.713. The van der Waals surface area contributed by atoms with Crippen LogP contribution in [0.5, 0.6) is 0 Å². The third-order valence-electron chi connectivity index (χ3n) is 5.78. The molecule has 2 aliphatic heterocycles. The average molecular weight is 445 g/mol. The first kappa shape index (κ1) is 21.7. The first-order valence-electron chi connectivity index (χ1n) is 10.4. The van der Waals surface area contributed by atoms with Crippen LogP contribution in [0, 0.1) is 12.7 Å². The zero-order valence-corrected chi connectivity index (χ0v) is 18.2. The van der Waals surface area contributed by atoms with Gasteiger partial charge in [0.25, 0.3) is 11.7 Å². The van der Waals surface area contributed by atoms with Crippen LogP contribution in [0.4, 0.5) is 4.39 Å². The molecule has 0 aliphatic carbocycles. The molecule has 2 aliphatic rings. The summed E-state index contributed by atoms with van der Waals surface area (Å²) in [5.41, 5.74) is 1.33. The zero-order valence-electron chi connectivity index (χ0n) is 17.3. The van der Waals surface area contributed by atoms with Gasteiger partial charge in [0, 0.05) is 36.6 Å². The van der Waals surface area contributed by atoms with Gasteiger partial charge in [-0.05, 0) is 54.6 Å². The molecule has 6 nitrogen and oxygen atoms in total. The number of benzene rings is 1. The first-order valence-corrected chi connectivity index (χ1v) is 11.2. The summed E-state index contributed by atoms with van der Waals surface area (Å²) in [5, 5.41) is 12.9. The second-order valence-corrected chi connectivity index (χ2v) is 8.72. The van der Waals surface area contributed by atoms with Crippen molar-refractivity contribution in [2.24, 2.45) is 0 Å². The molecule has 0 radical (unpaired) electrons. The van der Waals surface area contributed by atoms with Crippen LogP contribution in [-0.4, -0.2) is 66.0 Å². The van der Waals surface area contributed by atoms with Gasteiger partial charge < -0.3 is 14.7 Å². The molecule has 0 spiro atoms. The lowest BCUT2D eigenvalue weighted by Gasteiger charge is -2.29. The van der Waals surface area contributed by atoms with Crippen molar-refractivity contribution in [2.45, 2.75) is 19.4 Å². The number of carbonyl (C=O) groups excluding carboxylic acids is 2. The molecule has 1 N–H and O–H groups in total. The number of ketones is 1. The van der Waals surface area contributed by atoms with Crippen molar-refractivity contribution in [1.82, 2.24) is 9.80 Å². The monoisotopic (exact) mass is 444 g/mol. The fourth-order valence-electron chi connectivity index (χ4n) is 4.10. The van der Waals surface area contributed by atoms with E-state index >= 15 is 0 Å². The fourth-order valence-corrected chi connectivity index (χ4v) is 5.15. The van der Waals surface area contributed by atoms with Crippen LogP contribution in [0.2, 0.25) is 0 Å². The maximum absolute atomic E-state index is 13.3. The van der Waals surface area contributed by atoms with Crippen LogP contribution in [0.3, 0.4) is 0 Å². The number of hydrogen-bond acceptors (Lipinski definition) is 6. The van der Waals surface area contributed by atoms with E-state index in [1.165, 1.54) is 35.6 Å². The number of hydrogen-bond donors (Lipinski definition) is 1. The lowest BCUT2D eigenvalue weighted by Crippen LogP contribution is -2.38. The summed E-state index contributed by atoms with van der Waals surface area (Å²) in [6.45, 7) is 6.27. The maximum atomic E-state index is 13.3. The number of aliphatic hydroxyl groups is 1. The van der Waals surface area contributed by atoms with Gasteiger partial charge in [0.1, 0.15) is 11.6 Å². The molecular weight excluding hydrogens is 419 g/mol. The zero-order chi connectivity index (χ0) is 22.0. The Balaban J connectivity index is 1.65. The van der Waals surface area contributed by atoms with Crippen LogP contribution >= 0.6 is 11.3 Å². The van der Waals surface area contributed by atoms with Gasteiger partial charge in [-0.15, -0.1) is 11.3 Å². The maximum Gasteiger partial charge on any atom is 0.295 e. The molecule has 164 valence electrons. The SMILES string of the molecule is Cc1ccsc1C1/C(=C(/O)c2ccc(F)cc2)C(=O)C(=O)N1CCCN1CCOCC1. The normalized spacial score (nSPS) is 21.7. The van der Waals surface area contributed by atoms with Gasteiger partial charge in [-0.2, -0.15) is 0 Å². The van der Waals surface area contributed by atoms with Crippen molar-refractivity contribution < 1.29 is 23.8 Å². The van der Waals surface area contributed by atoms with E-state index in [0.717, 1.165) is 30.1 Å². The molecule has 1 aromatic heterocycles. The molecule has 1 amide bonds. The number of Topliss-reactive ketones (excluding diaryl/α,β-unsaturated/α-hetero) is 1. The fraction of sp³-hybridized carbons (Fsp3) is 0.391. The number of ether oxygens (including phenoxy) is 1. The highest BCUT2D eigenvalue weighted by Crippen LogP contribution is 2.42. The molecule has 3 heterocycles. The first-order chi connectivity index (χ1) is 15.0. The minimum atomic E-state index is -0.703. The van der Waals surface area contributed by atoms with E-state index in [1.54, 1.807) is 4.90 Å². The third-order valence-corrected chi connectivity index (χ3v) is 6.86. The van der Waals surface area contributed by atoms with Crippen LogP contribution in [0.15, 0.2) is 41.3 Å². The standard InChI is InChI=1S/C23H25FN2O4S/c1-15-7-14-31-22(15)19-18(20(27)16-3-5-17(24)6-4-16)21(28)23(29)26(19)9-2-8-25-10-12-30-13-11-25/h3-7,14,19,27H,2,8-13H2,1H3/b20-18-. The molecule has 1 unspecified atom stereocenters. The van der Waals surface area contributed by atoms with E-state index in [4.69, 9.17) is 4.74 Å². The lowest BCUT2D eigenvalue weighted by atomic mass is 9.98. The Morgan fingerprint density at radius 2 is 1.87 bits per heavy atom. The summed E-state index contributed by atoms with van der Waals surface area (Å²) >= 11 is 1.46. The van der Waals surface area contributed by atoms with E-state index in [1.807, 2.05) is 18.4 Å². The van der Waals surface area contributed by atoms with Crippen molar-refractivity contribution in [1.29, 1.82) is 0 Å². The summed E-state index contributed by atoms with van der Waals surface area (Å²) in [6, 6.07) is 6.56. The van der Waals surface area contributed by atoms with Crippen molar-refractivity contribution in [3.8, 4) is 0 Å². The predicted octanol–water partition coefficient (Wildman–Crippen LogP) is 3.34. The number of amides is 1. The van der Waals surface area contributed by atoms with Gasteiger partial charge in [-0.3, -0.25) is 14.5 Å². The van der Waals surface area contributed by atoms with E-state index in [0.29, 0.717) is 31.7 Å². The highest BCUT2D eigenvalue weighted by atomic mass is 32.1. The quantitative estimate of drug-likeness (QED) is 0.420. The predicted molar refractivity (Wildman–Crippen MR) is 116 cm³/mol. The minimum Gasteiger partial charge on any atom is -0.507 e. The van der Waals surface area contributed by atoms with Crippen LogP contribution in [0.1, 0.15) is 28.5 Å². The van der Waals surface area contributed by atoms with E-state index in [2.05, 4.69) is 4.90 Å². The minimum absolute atomic E-state index is 0.0635. The van der Waals surface area contributed by atoms with Crippen LogP contribution in [0.25, 0.3) is 5.76 Å². The molecule has 2 fully saturated rings. The molecule has 31 heavy (non-hydrogen) atoms. The highest BCUT2D eigenvalue weighted by molar-refractivity contribution is 7.10. The van der Waals surface area contributed by atoms with Crippen molar-refractivity contribution in [2.75, 3.05) is 39.4 Å². The highest BCUT2D eigenvalue weighted by Gasteiger charge is 2.46. The van der Waals surface area contributed by atoms with E-state index in [9.17, 15) is 19.1 Å². The number of morpholine rings is 1. The van der Waals surface area contributed by atoms with Crippen molar-refractivity contribution in [3.63, 3.8) is 0 Å². The molecule has 2 saturated heterocycles. The van der Waals surface area contributed by atoms with Crippen molar-refractivity contribution in [3.05, 3.63) is 63.1 Å². The summed E-state index contributed by atoms with van der Waals surface area (Å²) in [5.74, 6) is -2.02. The number of carbonyl (C=O) groups is 2. The van der Waals surface area contributed by atoms with Gasteiger partial charge in [0.05, 0.1) is 24.8 Å². The Labute approximate surface area is 184 Å². The number of aliphatic hydroxyl groups excluding tert-OH is 1. The van der Waals surface area contributed by atoms with Gasteiger partial charge in [0.15, 0.2) is 0 Å². The molecule has 1 aromatic carbocycles. The topological polar surface area (TPSA) is 70.1 Å². The molecule has 8 heteroatoms. The lowest BCUT2D eigenvalue weighted by molar-refractivity contribution is -0.140. The molecule has 4 rings (SSSR count). The number of likely N-dealkylation sites (tertiary alicyclic amines) is 1. The second-order valence-electron chi connectivity index (χ2n) is 7.77. The number of rotatable bonds is 6. The number of halogens is 1. The van der Waals surface area contributed by atoms with Gasteiger partial charge in [0.2, 0.25) is 0 Å². The van der Waals surface area contributed by atoms with Gasteiger partial charge in [-0.25, -0.2) is 4.39 Å². The van der Waals surface area contributed by atoms with Crippen LogP contribution in [-0.2, 0) is 14.3 Å². The van der Waals surface area contributed by atoms with E-state index in [-0.39, 0.29) is 11.3 Å².